The zero-order chi connectivity index (χ0) is 45.9. The lowest BCUT2D eigenvalue weighted by atomic mass is 9.97. The smallest absolute Gasteiger partial charge is 0.0715 e. The zero-order valence-corrected chi connectivity index (χ0v) is 37.8. The van der Waals surface area contributed by atoms with Crippen LogP contribution in [0.3, 0.4) is 0 Å². The first kappa shape index (κ1) is 41.2. The van der Waals surface area contributed by atoms with Crippen LogP contribution in [0, 0.1) is 0 Å². The molecule has 2 aromatic heterocycles. The summed E-state index contributed by atoms with van der Waals surface area (Å²) in [4.78, 5) is 9.78. The van der Waals surface area contributed by atoms with E-state index < -0.39 is 0 Å². The molecule has 0 bridgehead atoms. The average Bonchev–Trinajstić information content (AvgIpc) is 3.75. The summed E-state index contributed by atoms with van der Waals surface area (Å²) in [5.41, 5.74) is 18.7. The van der Waals surface area contributed by atoms with Crippen LogP contribution in [0.1, 0.15) is 0 Å². The van der Waals surface area contributed by atoms with Crippen LogP contribution < -0.4 is 9.80 Å². The van der Waals surface area contributed by atoms with E-state index in [9.17, 15) is 0 Å². The van der Waals surface area contributed by atoms with E-state index >= 15 is 0 Å². The van der Waals surface area contributed by atoms with Crippen LogP contribution in [0.2, 0.25) is 0 Å². The third-order valence-corrected chi connectivity index (χ3v) is 12.9. The molecule has 2 heterocycles. The summed E-state index contributed by atoms with van der Waals surface area (Å²) in [7, 11) is 0. The number of hydrogen-bond donors (Lipinski definition) is 0. The van der Waals surface area contributed by atoms with Gasteiger partial charge in [-0.3, -0.25) is 0 Å². The van der Waals surface area contributed by atoms with E-state index in [0.29, 0.717) is 0 Å². The Morgan fingerprint density at radius 3 is 0.928 bits per heavy atom. The Labute approximate surface area is 402 Å². The van der Waals surface area contributed by atoms with Crippen LogP contribution in [0.15, 0.2) is 279 Å². The minimum absolute atomic E-state index is 0.957. The number of anilines is 6. The van der Waals surface area contributed by atoms with Gasteiger partial charge in [-0.05, 0) is 131 Å². The molecule has 0 aliphatic carbocycles. The second-order valence-corrected chi connectivity index (χ2v) is 17.2. The lowest BCUT2D eigenvalue weighted by Crippen LogP contribution is -2.09. The Morgan fingerprint density at radius 2 is 0.565 bits per heavy atom. The second kappa shape index (κ2) is 18.2. The molecule has 0 saturated carbocycles. The molecule has 4 heteroatoms. The summed E-state index contributed by atoms with van der Waals surface area (Å²) in [6, 6.07) is 99.5. The predicted molar refractivity (Wildman–Crippen MR) is 290 cm³/mol. The van der Waals surface area contributed by atoms with Crippen molar-refractivity contribution in [3.8, 4) is 50.5 Å². The number of aromatic nitrogens is 2. The summed E-state index contributed by atoms with van der Waals surface area (Å²) in [6.07, 6.45) is 0. The predicted octanol–water partition coefficient (Wildman–Crippen LogP) is 17.8. The van der Waals surface area contributed by atoms with Gasteiger partial charge in [-0.2, -0.15) is 0 Å². The molecule has 326 valence electrons. The Kier molecular flexibility index (Phi) is 10.9. The monoisotopic (exact) mass is 882 g/mol. The normalized spacial score (nSPS) is 11.2. The van der Waals surface area contributed by atoms with Crippen molar-refractivity contribution < 1.29 is 0 Å². The first-order valence-electron chi connectivity index (χ1n) is 23.4. The standard InChI is InChI=1S/C65H46N4/c1-7-19-50(20-8-1)62-43-52(44-63(66-62)51-21-9-2-10-22-51)49-33-31-47(32-34-49)48-35-37-57(38-36-48)69-64-41-39-58(67(53-23-11-3-12-24-53)54-25-13-4-14-26-54)45-60(64)61-46-59(40-42-65(61)69)68(55-27-15-5-16-28-55)56-29-17-6-18-30-56/h1-46H. The molecule has 4 nitrogen and oxygen atoms in total. The van der Waals surface area contributed by atoms with Crippen molar-refractivity contribution in [3.63, 3.8) is 0 Å². The van der Waals surface area contributed by atoms with E-state index in [4.69, 9.17) is 4.98 Å². The Morgan fingerprint density at radius 1 is 0.246 bits per heavy atom. The molecule has 0 aliphatic rings. The summed E-state index contributed by atoms with van der Waals surface area (Å²) in [5, 5.41) is 2.34. The molecular weight excluding hydrogens is 837 g/mol. The van der Waals surface area contributed by atoms with E-state index in [1.807, 2.05) is 12.1 Å². The van der Waals surface area contributed by atoms with E-state index in [1.54, 1.807) is 0 Å². The zero-order valence-electron chi connectivity index (χ0n) is 37.8. The molecule has 0 unspecified atom stereocenters. The van der Waals surface area contributed by atoms with Gasteiger partial charge in [-0.1, -0.05) is 170 Å². The van der Waals surface area contributed by atoms with Crippen LogP contribution in [-0.4, -0.2) is 9.55 Å². The maximum atomic E-state index is 5.10. The highest BCUT2D eigenvalue weighted by Crippen LogP contribution is 2.43. The van der Waals surface area contributed by atoms with Crippen molar-refractivity contribution >= 4 is 55.9 Å². The first-order chi connectivity index (χ1) is 34.2. The van der Waals surface area contributed by atoms with Gasteiger partial charge in [0.05, 0.1) is 22.4 Å². The van der Waals surface area contributed by atoms with Crippen LogP contribution in [0.5, 0.6) is 0 Å². The van der Waals surface area contributed by atoms with Crippen molar-refractivity contribution in [3.05, 3.63) is 279 Å². The van der Waals surface area contributed by atoms with Crippen molar-refractivity contribution in [2.75, 3.05) is 9.80 Å². The van der Waals surface area contributed by atoms with Gasteiger partial charge >= 0.3 is 0 Å². The third-order valence-electron chi connectivity index (χ3n) is 12.9. The van der Waals surface area contributed by atoms with Gasteiger partial charge in [0, 0.05) is 61.7 Å². The molecule has 12 rings (SSSR count). The minimum Gasteiger partial charge on any atom is -0.310 e. The summed E-state index contributed by atoms with van der Waals surface area (Å²) in [5.74, 6) is 0. The molecule has 0 atom stereocenters. The van der Waals surface area contributed by atoms with Gasteiger partial charge in [-0.15, -0.1) is 0 Å². The molecule has 0 saturated heterocycles. The van der Waals surface area contributed by atoms with Gasteiger partial charge in [0.15, 0.2) is 0 Å². The molecule has 10 aromatic carbocycles. The lowest BCUT2D eigenvalue weighted by Gasteiger charge is -2.26. The second-order valence-electron chi connectivity index (χ2n) is 17.2. The maximum absolute atomic E-state index is 5.10. The van der Waals surface area contributed by atoms with Crippen molar-refractivity contribution in [1.82, 2.24) is 9.55 Å². The first-order valence-corrected chi connectivity index (χ1v) is 23.4. The number of hydrogen-bond acceptors (Lipinski definition) is 3. The number of benzene rings is 10. The molecule has 69 heavy (non-hydrogen) atoms. The molecule has 0 amide bonds. The molecule has 0 fully saturated rings. The van der Waals surface area contributed by atoms with Gasteiger partial charge in [0.25, 0.3) is 0 Å². The third kappa shape index (κ3) is 8.11. The van der Waals surface area contributed by atoms with E-state index in [-0.39, 0.29) is 0 Å². The quantitative estimate of drug-likeness (QED) is 0.129. The van der Waals surface area contributed by atoms with Gasteiger partial charge in [0.2, 0.25) is 0 Å². The topological polar surface area (TPSA) is 24.3 Å². The van der Waals surface area contributed by atoms with Crippen LogP contribution in [0.4, 0.5) is 34.1 Å². The summed E-state index contributed by atoms with van der Waals surface area (Å²) in [6.45, 7) is 0. The minimum atomic E-state index is 0.957. The average molecular weight is 883 g/mol. The van der Waals surface area contributed by atoms with E-state index in [0.717, 1.165) is 95.6 Å². The highest BCUT2D eigenvalue weighted by molar-refractivity contribution is 6.12. The van der Waals surface area contributed by atoms with Crippen molar-refractivity contribution in [2.45, 2.75) is 0 Å². The molecule has 0 radical (unpaired) electrons. The Bertz CT molecular complexity index is 3390. The molecular formula is C65H46N4. The van der Waals surface area contributed by atoms with E-state index in [2.05, 4.69) is 281 Å². The number of nitrogens with zero attached hydrogens (tertiary/aromatic N) is 4. The van der Waals surface area contributed by atoms with Gasteiger partial charge < -0.3 is 14.4 Å². The molecule has 0 spiro atoms. The number of fused-ring (bicyclic) bond motifs is 3. The fourth-order valence-electron chi connectivity index (χ4n) is 9.63. The van der Waals surface area contributed by atoms with Crippen LogP contribution in [-0.2, 0) is 0 Å². The van der Waals surface area contributed by atoms with Gasteiger partial charge in [-0.25, -0.2) is 4.98 Å². The van der Waals surface area contributed by atoms with Gasteiger partial charge in [0.1, 0.15) is 0 Å². The molecule has 0 aliphatic heterocycles. The Hall–Kier alpha value is -9.25. The Balaban J connectivity index is 0.954. The molecule has 0 N–H and O–H groups in total. The number of rotatable bonds is 11. The highest BCUT2D eigenvalue weighted by atomic mass is 15.1. The highest BCUT2D eigenvalue weighted by Gasteiger charge is 2.20. The van der Waals surface area contributed by atoms with E-state index in [1.165, 1.54) is 10.8 Å². The summed E-state index contributed by atoms with van der Waals surface area (Å²) < 4.78 is 2.41. The van der Waals surface area contributed by atoms with Crippen LogP contribution >= 0.6 is 0 Å². The molecule has 12 aromatic rings. The fourth-order valence-corrected chi connectivity index (χ4v) is 9.63. The van der Waals surface area contributed by atoms with Crippen LogP contribution in [0.25, 0.3) is 72.3 Å². The number of para-hydroxylation sites is 4. The lowest BCUT2D eigenvalue weighted by molar-refractivity contribution is 1.18. The SMILES string of the molecule is c1ccc(-c2cc(-c3ccc(-c4ccc(-n5c6ccc(N(c7ccccc7)c7ccccc7)cc6c6cc(N(c7ccccc7)c7ccccc7)ccc65)cc4)cc3)cc(-c3ccccc3)n2)cc1. The number of pyridine rings is 1. The fraction of sp³-hybridized carbons (Fsp3) is 0. The largest absolute Gasteiger partial charge is 0.310 e. The van der Waals surface area contributed by atoms with Crippen molar-refractivity contribution in [2.24, 2.45) is 0 Å². The van der Waals surface area contributed by atoms with Crippen molar-refractivity contribution in [1.29, 1.82) is 0 Å². The maximum Gasteiger partial charge on any atom is 0.0715 e. The summed E-state index contributed by atoms with van der Waals surface area (Å²) >= 11 is 0.